The molecule has 9 aromatic rings. The Morgan fingerprint density at radius 1 is 0.508 bits per heavy atom. The van der Waals surface area contributed by atoms with Crippen molar-refractivity contribution < 1.29 is 4.42 Å². The van der Waals surface area contributed by atoms with Crippen molar-refractivity contribution in [1.29, 1.82) is 0 Å². The molecule has 3 heteroatoms. The Labute approximate surface area is 343 Å². The first kappa shape index (κ1) is 33.6. The van der Waals surface area contributed by atoms with Gasteiger partial charge in [0, 0.05) is 21.5 Å². The predicted octanol–water partition coefficient (Wildman–Crippen LogP) is 14.6. The molecule has 1 unspecified atom stereocenters. The number of amidine groups is 1. The lowest BCUT2D eigenvalue weighted by molar-refractivity contribution is 0.673. The fourth-order valence-electron chi connectivity index (χ4n) is 9.51. The molecule has 2 aliphatic carbocycles. The summed E-state index contributed by atoms with van der Waals surface area (Å²) >= 11 is 0. The van der Waals surface area contributed by atoms with Gasteiger partial charge >= 0.3 is 0 Å². The van der Waals surface area contributed by atoms with Crippen LogP contribution in [0.5, 0.6) is 0 Å². The number of furan rings is 1. The molecular formula is C56H38N2O. The molecular weight excluding hydrogens is 717 g/mol. The van der Waals surface area contributed by atoms with Crippen LogP contribution >= 0.6 is 0 Å². The molecule has 1 N–H and O–H groups in total. The van der Waals surface area contributed by atoms with E-state index in [9.17, 15) is 0 Å². The molecule has 0 spiro atoms. The van der Waals surface area contributed by atoms with Crippen molar-refractivity contribution in [2.45, 2.75) is 18.9 Å². The number of hydrogen-bond donors (Lipinski definition) is 1. The van der Waals surface area contributed by atoms with Crippen molar-refractivity contribution in [2.75, 3.05) is 0 Å². The maximum atomic E-state index is 6.75. The van der Waals surface area contributed by atoms with Crippen LogP contribution in [0.1, 0.15) is 35.6 Å². The summed E-state index contributed by atoms with van der Waals surface area (Å²) in [6.07, 6.45) is 8.83. The van der Waals surface area contributed by atoms with E-state index in [-0.39, 0.29) is 6.04 Å². The van der Waals surface area contributed by atoms with Crippen LogP contribution in [0.15, 0.2) is 209 Å². The van der Waals surface area contributed by atoms with E-state index in [2.05, 4.69) is 199 Å². The molecule has 2 heterocycles. The standard InChI is InChI=1S/C56H38N2O/c1-3-13-35(14-4-1)36-27-29-38(30-28-36)51-34-50(37-15-5-2-6-16-37)57-56(58-51)42-20-10-18-40(32-42)39-17-9-19-41(31-39)43-23-12-26-52-54(43)49-33-48-45-22-8-7-21-44(45)46-24-11-25-47(53(46)48)55(49)59-52/h1-9,11-19,21-34,51H,10,20H2,(H,57,58). The minimum atomic E-state index is -0.0197. The Balaban J connectivity index is 0.913. The van der Waals surface area contributed by atoms with Crippen LogP contribution in [-0.4, -0.2) is 5.84 Å². The minimum absolute atomic E-state index is 0.0197. The summed E-state index contributed by atoms with van der Waals surface area (Å²) in [6.45, 7) is 0. The quantitative estimate of drug-likeness (QED) is 0.184. The van der Waals surface area contributed by atoms with E-state index in [1.807, 2.05) is 0 Å². The van der Waals surface area contributed by atoms with Crippen molar-refractivity contribution in [1.82, 2.24) is 5.32 Å². The average molecular weight is 755 g/mol. The highest BCUT2D eigenvalue weighted by molar-refractivity contribution is 6.27. The van der Waals surface area contributed by atoms with E-state index in [0.29, 0.717) is 0 Å². The van der Waals surface area contributed by atoms with Crippen LogP contribution in [-0.2, 0) is 0 Å². The van der Waals surface area contributed by atoms with Gasteiger partial charge in [0.25, 0.3) is 0 Å². The van der Waals surface area contributed by atoms with E-state index >= 15 is 0 Å². The first-order chi connectivity index (χ1) is 29.2. The third-order valence-electron chi connectivity index (χ3n) is 12.3. The maximum Gasteiger partial charge on any atom is 0.143 e. The van der Waals surface area contributed by atoms with Crippen LogP contribution < -0.4 is 5.32 Å². The molecule has 0 saturated heterocycles. The number of allylic oxidation sites excluding steroid dienone is 3. The first-order valence-electron chi connectivity index (χ1n) is 20.5. The van der Waals surface area contributed by atoms with Gasteiger partial charge in [-0.1, -0.05) is 164 Å². The van der Waals surface area contributed by atoms with E-state index in [1.54, 1.807) is 0 Å². The molecule has 1 aliphatic heterocycles. The molecule has 3 aliphatic rings. The summed E-state index contributed by atoms with van der Waals surface area (Å²) in [4.78, 5) is 5.28. The molecule has 0 radical (unpaired) electrons. The van der Waals surface area contributed by atoms with E-state index in [0.717, 1.165) is 51.9 Å². The Hall–Kier alpha value is -7.49. The molecule has 0 amide bonds. The zero-order valence-corrected chi connectivity index (χ0v) is 32.3. The molecule has 0 bridgehead atoms. The molecule has 1 aromatic heterocycles. The van der Waals surface area contributed by atoms with Crippen molar-refractivity contribution >= 4 is 49.8 Å². The summed E-state index contributed by atoms with van der Waals surface area (Å²) in [5.74, 6) is 0.935. The van der Waals surface area contributed by atoms with Crippen molar-refractivity contribution in [3.8, 4) is 44.5 Å². The van der Waals surface area contributed by atoms with Crippen LogP contribution in [0.3, 0.4) is 0 Å². The van der Waals surface area contributed by atoms with E-state index in [1.165, 1.54) is 77.6 Å². The Bertz CT molecular complexity index is 3270. The number of aliphatic imine (C=N–C) groups is 1. The highest BCUT2D eigenvalue weighted by Gasteiger charge is 2.26. The van der Waals surface area contributed by atoms with Gasteiger partial charge in [-0.3, -0.25) is 0 Å². The van der Waals surface area contributed by atoms with Gasteiger partial charge in [0.05, 0.1) is 11.7 Å². The monoisotopic (exact) mass is 754 g/mol. The van der Waals surface area contributed by atoms with E-state index in [4.69, 9.17) is 9.41 Å². The molecule has 0 fully saturated rings. The van der Waals surface area contributed by atoms with E-state index < -0.39 is 0 Å². The lowest BCUT2D eigenvalue weighted by atomic mass is 9.90. The van der Waals surface area contributed by atoms with Gasteiger partial charge in [-0.2, -0.15) is 0 Å². The number of benzene rings is 8. The van der Waals surface area contributed by atoms with Gasteiger partial charge in [0.2, 0.25) is 0 Å². The summed E-state index contributed by atoms with van der Waals surface area (Å²) in [7, 11) is 0. The van der Waals surface area contributed by atoms with Gasteiger partial charge < -0.3 is 9.73 Å². The molecule has 3 nitrogen and oxygen atoms in total. The van der Waals surface area contributed by atoms with Crippen molar-refractivity contribution in [3.63, 3.8) is 0 Å². The second-order valence-corrected chi connectivity index (χ2v) is 15.8. The fraction of sp³-hybridized carbons (Fsp3) is 0.0536. The lowest BCUT2D eigenvalue weighted by Crippen LogP contribution is -2.32. The highest BCUT2D eigenvalue weighted by atomic mass is 16.3. The fourth-order valence-corrected chi connectivity index (χ4v) is 9.51. The van der Waals surface area contributed by atoms with Crippen molar-refractivity contribution in [3.05, 3.63) is 216 Å². The zero-order chi connectivity index (χ0) is 38.9. The Morgan fingerprint density at radius 3 is 2.00 bits per heavy atom. The van der Waals surface area contributed by atoms with Gasteiger partial charge in [0.15, 0.2) is 0 Å². The average Bonchev–Trinajstić information content (AvgIpc) is 3.86. The number of hydrogen-bond acceptors (Lipinski definition) is 3. The first-order valence-corrected chi connectivity index (χ1v) is 20.5. The van der Waals surface area contributed by atoms with Crippen LogP contribution in [0.25, 0.3) is 88.5 Å². The molecule has 1 atom stereocenters. The summed E-state index contributed by atoms with van der Waals surface area (Å²) < 4.78 is 6.75. The Morgan fingerprint density at radius 2 is 1.17 bits per heavy atom. The van der Waals surface area contributed by atoms with Gasteiger partial charge in [-0.25, -0.2) is 4.99 Å². The SMILES string of the molecule is C1=C(C2=NC(c3ccccc3)=CC(c3ccc(-c4ccccc4)cc3)N2)CCC=C1c1cccc(-c2cccc3oc4c5cccc6c5c(cc4c23)-c2ccccc2-6)c1. The van der Waals surface area contributed by atoms with Crippen LogP contribution in [0, 0.1) is 0 Å². The van der Waals surface area contributed by atoms with Crippen molar-refractivity contribution in [2.24, 2.45) is 4.99 Å². The Kier molecular flexibility index (Phi) is 7.74. The maximum absolute atomic E-state index is 6.75. The number of nitrogens with one attached hydrogen (secondary N) is 1. The van der Waals surface area contributed by atoms with Gasteiger partial charge in [0.1, 0.15) is 17.0 Å². The summed E-state index contributed by atoms with van der Waals surface area (Å²) in [5, 5.41) is 8.61. The minimum Gasteiger partial charge on any atom is -0.455 e. The topological polar surface area (TPSA) is 37.5 Å². The molecule has 12 rings (SSSR count). The highest BCUT2D eigenvalue weighted by Crippen LogP contribution is 2.51. The van der Waals surface area contributed by atoms with Gasteiger partial charge in [-0.15, -0.1) is 0 Å². The van der Waals surface area contributed by atoms with Gasteiger partial charge in [-0.05, 0) is 116 Å². The lowest BCUT2D eigenvalue weighted by Gasteiger charge is -2.27. The largest absolute Gasteiger partial charge is 0.455 e. The molecule has 8 aromatic carbocycles. The molecule has 278 valence electrons. The molecule has 0 saturated carbocycles. The zero-order valence-electron chi connectivity index (χ0n) is 32.3. The summed E-state index contributed by atoms with van der Waals surface area (Å²) in [5.41, 5.74) is 18.7. The smallest absolute Gasteiger partial charge is 0.143 e. The third-order valence-corrected chi connectivity index (χ3v) is 12.3. The number of rotatable bonds is 6. The molecule has 59 heavy (non-hydrogen) atoms. The number of fused-ring (bicyclic) bond motifs is 7. The number of nitrogens with zero attached hydrogens (tertiary/aromatic N) is 1. The van der Waals surface area contributed by atoms with Crippen LogP contribution in [0.2, 0.25) is 0 Å². The predicted molar refractivity (Wildman–Crippen MR) is 246 cm³/mol. The second kappa shape index (κ2) is 13.6. The summed E-state index contributed by atoms with van der Waals surface area (Å²) in [6, 6.07) is 63.2. The normalized spacial score (nSPS) is 15.7. The van der Waals surface area contributed by atoms with Crippen LogP contribution in [0.4, 0.5) is 0 Å². The third kappa shape index (κ3) is 5.61. The second-order valence-electron chi connectivity index (χ2n) is 15.8.